The van der Waals surface area contributed by atoms with E-state index in [-0.39, 0.29) is 15.9 Å². The van der Waals surface area contributed by atoms with Gasteiger partial charge in [-0.25, -0.2) is 0 Å². The van der Waals surface area contributed by atoms with Gasteiger partial charge < -0.3 is 9.80 Å². The van der Waals surface area contributed by atoms with Gasteiger partial charge in [0.05, 0.1) is 0 Å². The summed E-state index contributed by atoms with van der Waals surface area (Å²) in [5.41, 5.74) is 1.07. The van der Waals surface area contributed by atoms with E-state index >= 15 is 0 Å². The van der Waals surface area contributed by atoms with Crippen molar-refractivity contribution in [3.05, 3.63) is 49.2 Å². The molecule has 2 saturated carbocycles. The quantitative estimate of drug-likeness (QED) is 0.138. The average molecular weight is 784 g/mol. The van der Waals surface area contributed by atoms with E-state index in [2.05, 4.69) is 89.2 Å². The number of hydrogen-bond acceptors (Lipinski definition) is 3. The summed E-state index contributed by atoms with van der Waals surface area (Å²) >= 11 is -0.106. The molecule has 2 aliphatic carbocycles. The molecule has 0 radical (unpaired) electrons. The Balaban J connectivity index is 0.000000659. The van der Waals surface area contributed by atoms with E-state index in [1.165, 1.54) is 89.9 Å². The summed E-state index contributed by atoms with van der Waals surface area (Å²) < 4.78 is 0. The van der Waals surface area contributed by atoms with Gasteiger partial charge in [0, 0.05) is 24.0 Å². The van der Waals surface area contributed by atoms with Crippen molar-refractivity contribution in [1.29, 1.82) is 0 Å². The fraction of sp³-hybridized carbons (Fsp3) is 0.805. The molecule has 2 fully saturated rings. The topological polar surface area (TPSA) is 19.4 Å². The second-order valence-electron chi connectivity index (χ2n) is 14.6. The fourth-order valence-corrected chi connectivity index (χ4v) is 10.2. The zero-order valence-electron chi connectivity index (χ0n) is 31.6. The Morgan fingerprint density at radius 1 is 0.638 bits per heavy atom. The van der Waals surface area contributed by atoms with Crippen LogP contribution in [0.1, 0.15) is 151 Å². The third-order valence-electron chi connectivity index (χ3n) is 12.7. The summed E-state index contributed by atoms with van der Waals surface area (Å²) in [4.78, 5) is 9.52. The Kier molecular flexibility index (Phi) is 21.9. The van der Waals surface area contributed by atoms with Crippen LogP contribution in [-0.2, 0) is 15.9 Å². The summed E-state index contributed by atoms with van der Waals surface area (Å²) in [6.45, 7) is 24.2. The van der Waals surface area contributed by atoms with Crippen molar-refractivity contribution in [2.45, 2.75) is 164 Å². The number of rotatable bonds is 14. The van der Waals surface area contributed by atoms with Crippen molar-refractivity contribution in [2.24, 2.45) is 47.3 Å². The summed E-state index contributed by atoms with van der Waals surface area (Å²) in [6, 6.07) is 7.23. The van der Waals surface area contributed by atoms with E-state index in [0.29, 0.717) is 12.1 Å². The predicted molar refractivity (Wildman–Crippen MR) is 203 cm³/mol. The monoisotopic (exact) mass is 782 g/mol. The number of aryl methyl sites for hydroxylation is 1. The van der Waals surface area contributed by atoms with Gasteiger partial charge in [-0.3, -0.25) is 4.98 Å². The minimum absolute atomic E-state index is 0.106. The van der Waals surface area contributed by atoms with Gasteiger partial charge >= 0.3 is 35.0 Å². The Labute approximate surface area is 308 Å². The molecule has 1 aromatic heterocycles. The molecule has 47 heavy (non-hydrogen) atoms. The fourth-order valence-electron chi connectivity index (χ4n) is 10.2. The van der Waals surface area contributed by atoms with Gasteiger partial charge in [-0.05, 0) is 104 Å². The standard InChI is InChI=1S/C35H65N2.C6H7N.2ClH.Pd/c1-9-26(10-2)30-19-17-20-31(27(11-3)12-4)34(30)36-23-24-37(25-36)35-32(28(13-5)14-6)21-18-22-33(35)29(15-7)16-8;1-6-4-2-3-5-7-6;;;/h23-35H,9-22H2,1-8H3;2-5H,1H3;2*1H;/q-1;;;;+2/p-2. The summed E-state index contributed by atoms with van der Waals surface area (Å²) in [5, 5.41) is 0. The van der Waals surface area contributed by atoms with Crippen LogP contribution in [0.15, 0.2) is 36.8 Å². The van der Waals surface area contributed by atoms with Crippen molar-refractivity contribution in [2.75, 3.05) is 0 Å². The van der Waals surface area contributed by atoms with Gasteiger partial charge in [-0.15, -0.1) is 0 Å². The predicted octanol–water partition coefficient (Wildman–Crippen LogP) is 13.3. The Bertz CT molecular complexity index is 838. The van der Waals surface area contributed by atoms with Crippen LogP contribution in [0, 0.1) is 60.9 Å². The summed E-state index contributed by atoms with van der Waals surface area (Å²) in [7, 11) is 9.63. The molecule has 0 N–H and O–H groups in total. The molecule has 3 nitrogen and oxygen atoms in total. The molecular weight excluding hydrogens is 712 g/mol. The molecule has 4 unspecified atom stereocenters. The number of nitrogens with zero attached hydrogens (tertiary/aromatic N) is 3. The molecule has 6 heteroatoms. The molecule has 0 amide bonds. The van der Waals surface area contributed by atoms with E-state index < -0.39 is 0 Å². The number of hydrogen-bond donors (Lipinski definition) is 0. The third kappa shape index (κ3) is 12.2. The molecule has 0 spiro atoms. The molecule has 0 aromatic carbocycles. The Morgan fingerprint density at radius 3 is 1.17 bits per heavy atom. The van der Waals surface area contributed by atoms with Gasteiger partial charge in [0.15, 0.2) is 0 Å². The summed E-state index contributed by atoms with van der Waals surface area (Å²) in [5.74, 6) is 6.81. The van der Waals surface area contributed by atoms with Gasteiger partial charge in [0.25, 0.3) is 0 Å². The van der Waals surface area contributed by atoms with Crippen molar-refractivity contribution < 1.29 is 15.9 Å². The first kappa shape index (κ1) is 42.9. The van der Waals surface area contributed by atoms with E-state index in [1.54, 1.807) is 6.20 Å². The Morgan fingerprint density at radius 2 is 0.957 bits per heavy atom. The van der Waals surface area contributed by atoms with E-state index in [1.807, 2.05) is 25.1 Å². The second kappa shape index (κ2) is 24.0. The van der Waals surface area contributed by atoms with Crippen molar-refractivity contribution in [1.82, 2.24) is 14.8 Å². The zero-order chi connectivity index (χ0) is 34.8. The van der Waals surface area contributed by atoms with Crippen LogP contribution in [0.5, 0.6) is 0 Å². The van der Waals surface area contributed by atoms with Crippen LogP contribution in [0.4, 0.5) is 0 Å². The molecule has 4 rings (SSSR count). The molecule has 3 aliphatic rings. The number of aromatic nitrogens is 1. The average Bonchev–Trinajstić information content (AvgIpc) is 3.58. The van der Waals surface area contributed by atoms with Gasteiger partial charge in [-0.2, -0.15) is 6.67 Å². The third-order valence-corrected chi connectivity index (χ3v) is 12.7. The second-order valence-corrected chi connectivity index (χ2v) is 17.0. The number of halogens is 2. The molecule has 0 bridgehead atoms. The van der Waals surface area contributed by atoms with Crippen LogP contribution in [0.25, 0.3) is 0 Å². The molecule has 0 saturated heterocycles. The zero-order valence-corrected chi connectivity index (χ0v) is 34.7. The van der Waals surface area contributed by atoms with Crippen molar-refractivity contribution >= 4 is 19.1 Å². The molecule has 276 valence electrons. The van der Waals surface area contributed by atoms with Gasteiger partial charge in [0.2, 0.25) is 0 Å². The molecule has 4 atom stereocenters. The van der Waals surface area contributed by atoms with E-state index in [0.717, 1.165) is 53.0 Å². The molecule has 1 aromatic rings. The van der Waals surface area contributed by atoms with Gasteiger partial charge in [0.1, 0.15) is 0 Å². The molecule has 1 aliphatic heterocycles. The maximum absolute atomic E-state index is 4.81. The number of pyridine rings is 1. The summed E-state index contributed by atoms with van der Waals surface area (Å²) in [6.07, 6.45) is 26.2. The van der Waals surface area contributed by atoms with E-state index in [9.17, 15) is 0 Å². The first-order valence-corrected chi connectivity index (χ1v) is 23.6. The molecular formula is C41H72Cl2N3Pd-. The van der Waals surface area contributed by atoms with Crippen LogP contribution in [0.2, 0.25) is 0 Å². The SMILES string of the molecule is CCC(CC)C1CCCC(C(CC)CC)C1N1C=CN(C2C(C(CC)CC)CCCC2C(CC)CC)[CH-]1.Cc1ccccn1.[Cl][Pd][Cl]. The van der Waals surface area contributed by atoms with Crippen LogP contribution < -0.4 is 0 Å². The minimum atomic E-state index is -0.106. The first-order chi connectivity index (χ1) is 22.8. The van der Waals surface area contributed by atoms with Crippen LogP contribution in [-0.4, -0.2) is 26.9 Å². The van der Waals surface area contributed by atoms with Crippen LogP contribution >= 0.6 is 19.1 Å². The van der Waals surface area contributed by atoms with Crippen molar-refractivity contribution in [3.8, 4) is 0 Å². The van der Waals surface area contributed by atoms with Gasteiger partial charge in [-0.1, -0.05) is 126 Å². The first-order valence-electron chi connectivity index (χ1n) is 19.6. The maximum atomic E-state index is 4.81. The van der Waals surface area contributed by atoms with Crippen LogP contribution in [0.3, 0.4) is 0 Å². The van der Waals surface area contributed by atoms with E-state index in [4.69, 9.17) is 19.1 Å². The normalized spacial score (nSPS) is 26.2. The molecule has 2 heterocycles. The Hall–Kier alpha value is -0.268. The van der Waals surface area contributed by atoms with Crippen molar-refractivity contribution in [3.63, 3.8) is 0 Å².